The summed E-state index contributed by atoms with van der Waals surface area (Å²) in [4.78, 5) is 204. The Kier molecular flexibility index (Phi) is 29.0. The van der Waals surface area contributed by atoms with Crippen LogP contribution in [0.15, 0.2) is 24.3 Å². The molecule has 0 spiro atoms. The molecule has 3 aliphatic rings. The van der Waals surface area contributed by atoms with Crippen LogP contribution in [-0.2, 0) is 72.7 Å². The Morgan fingerprint density at radius 1 is 0.525 bits per heavy atom. The predicted octanol–water partition coefficient (Wildman–Crippen LogP) is 0.940. The molecule has 4 rings (SSSR count). The minimum Gasteiger partial charge on any atom is -0.432 e. The maximum Gasteiger partial charge on any atom is 0.304 e. The number of esters is 1. The largest absolute Gasteiger partial charge is 0.432 e. The van der Waals surface area contributed by atoms with Crippen LogP contribution in [0.5, 0.6) is 0 Å². The number of aliphatic hydroxyl groups is 3. The molecule has 0 radical (unpaired) electrons. The lowest BCUT2D eigenvalue weighted by atomic mass is 9.90. The van der Waals surface area contributed by atoms with Gasteiger partial charge in [0.1, 0.15) is 66.1 Å². The summed E-state index contributed by atoms with van der Waals surface area (Å²) in [5.41, 5.74) is -3.14. The van der Waals surface area contributed by atoms with Crippen molar-refractivity contribution >= 4 is 82.5 Å². The van der Waals surface area contributed by atoms with Crippen molar-refractivity contribution in [3.05, 3.63) is 29.8 Å². The van der Waals surface area contributed by atoms with Gasteiger partial charge in [-0.15, -0.1) is 0 Å². The van der Waals surface area contributed by atoms with E-state index in [-0.39, 0.29) is 6.42 Å². The van der Waals surface area contributed by atoms with Crippen molar-refractivity contribution < 1.29 is 82.4 Å². The topological polar surface area (TPSA) is 360 Å². The van der Waals surface area contributed by atoms with Gasteiger partial charge >= 0.3 is 5.97 Å². The number of carbonyl (C=O) groups excluding carboxylic acids is 13. The summed E-state index contributed by atoms with van der Waals surface area (Å²) in [6.07, 6.45) is -4.54. The van der Waals surface area contributed by atoms with Gasteiger partial charge in [0.2, 0.25) is 65.0 Å². The van der Waals surface area contributed by atoms with E-state index in [0.29, 0.717) is 29.0 Å². The molecule has 30 heteroatoms. The van der Waals surface area contributed by atoms with Crippen LogP contribution in [0.4, 0.5) is 5.69 Å². The first kappa shape index (κ1) is 85.4. The zero-order valence-corrected chi connectivity index (χ0v) is 64.3. The Labute approximate surface area is 596 Å². The fraction of sp³-hybridized carbons (Fsp3) is 0.732. The van der Waals surface area contributed by atoms with Crippen LogP contribution in [-0.4, -0.2) is 296 Å². The molecule has 6 N–H and O–H groups in total. The number of anilines is 1. The Balaban J connectivity index is 2.01. The summed E-state index contributed by atoms with van der Waals surface area (Å²) >= 11 is 0. The number of aliphatic hydroxyl groups excluding tert-OH is 1. The highest BCUT2D eigenvalue weighted by molar-refractivity contribution is 6.00. The molecule has 3 heterocycles. The molecule has 16 atom stereocenters. The summed E-state index contributed by atoms with van der Waals surface area (Å²) in [5.74, 6) is -16.4. The second kappa shape index (κ2) is 34.3. The zero-order valence-electron chi connectivity index (χ0n) is 64.3. The first-order valence-corrected chi connectivity index (χ1v) is 35.0. The molecule has 0 bridgehead atoms. The van der Waals surface area contributed by atoms with E-state index in [4.69, 9.17) is 4.74 Å². The van der Waals surface area contributed by atoms with Crippen molar-refractivity contribution in [2.24, 2.45) is 41.4 Å². The number of nitrogens with one attached hydrogen (secondary N) is 3. The Bertz CT molecular complexity index is 3230. The number of rotatable bonds is 12. The third-order valence-corrected chi connectivity index (χ3v) is 20.7. The van der Waals surface area contributed by atoms with E-state index in [1.807, 2.05) is 6.92 Å². The number of para-hydroxylation sites is 1. The zero-order chi connectivity index (χ0) is 77.6. The first-order chi connectivity index (χ1) is 46.5. The quantitative estimate of drug-likeness (QED) is 0.159. The maximum atomic E-state index is 15.5. The number of benzene rings is 1. The molecule has 0 aromatic heterocycles. The fourth-order valence-electron chi connectivity index (χ4n) is 14.3. The molecule has 2 saturated heterocycles. The Hall–Kier alpha value is -7.99. The molecule has 1 aromatic rings. The summed E-state index contributed by atoms with van der Waals surface area (Å²) in [5, 5.41) is 44.4. The van der Waals surface area contributed by atoms with Gasteiger partial charge in [-0.25, -0.2) is 0 Å². The van der Waals surface area contributed by atoms with Gasteiger partial charge in [0.15, 0.2) is 0 Å². The van der Waals surface area contributed by atoms with Gasteiger partial charge in [-0.3, -0.25) is 62.3 Å². The SMILES string of the molecule is CCC(C)C1NC(=O)C(C(C)C)N(C)C(=O)C2CC3(O)c4ccccc4NC3N2C(=O)CN(C)C(=O)C(C(C)CC)N(C)C(=O)C(C(C)C)NC(=O)C(OC(C)=O)N(C)C(=O)C(C(C)C(C)O)N(C)C(=O)C(C(C)(C)O)N(C)C(=O)CN(C)C(=O)C(C(C)C)N(C)C(=O)C(C(C)C)N(C)C1=O. The molecule has 0 saturated carbocycles. The van der Waals surface area contributed by atoms with Crippen molar-refractivity contribution in [2.45, 2.75) is 221 Å². The number of nitrogens with zero attached hydrogens (tertiary/aromatic N) is 10. The number of hydrogen-bond donors (Lipinski definition) is 6. The van der Waals surface area contributed by atoms with Crippen LogP contribution in [0, 0.1) is 41.4 Å². The highest BCUT2D eigenvalue weighted by Crippen LogP contribution is 2.50. The van der Waals surface area contributed by atoms with E-state index in [2.05, 4.69) is 16.0 Å². The van der Waals surface area contributed by atoms with Gasteiger partial charge in [-0.05, 0) is 62.3 Å². The van der Waals surface area contributed by atoms with Crippen molar-refractivity contribution in [3.8, 4) is 0 Å². The van der Waals surface area contributed by atoms with E-state index in [9.17, 15) is 34.5 Å². The third-order valence-electron chi connectivity index (χ3n) is 20.7. The molecule has 1 aromatic carbocycles. The number of carbonyl (C=O) groups is 13. The van der Waals surface area contributed by atoms with Crippen LogP contribution in [0.25, 0.3) is 0 Å². The second-order valence-electron chi connectivity index (χ2n) is 30.2. The average Bonchev–Trinajstić information content (AvgIpc) is 1.56. The van der Waals surface area contributed by atoms with Crippen LogP contribution in [0.3, 0.4) is 0 Å². The molecule has 568 valence electrons. The molecule has 30 nitrogen and oxygen atoms in total. The molecule has 2 fully saturated rings. The van der Waals surface area contributed by atoms with E-state index in [1.54, 1.807) is 100 Å². The lowest BCUT2D eigenvalue weighted by Gasteiger charge is -2.43. The fourth-order valence-corrected chi connectivity index (χ4v) is 14.3. The minimum absolute atomic E-state index is 0.300. The molecule has 3 aliphatic heterocycles. The van der Waals surface area contributed by atoms with Crippen LogP contribution < -0.4 is 16.0 Å². The van der Waals surface area contributed by atoms with E-state index >= 15 is 43.2 Å². The minimum atomic E-state index is -2.17. The van der Waals surface area contributed by atoms with Gasteiger partial charge < -0.3 is 85.0 Å². The monoisotopic (exact) mass is 1420 g/mol. The first-order valence-electron chi connectivity index (χ1n) is 35.0. The van der Waals surface area contributed by atoms with Crippen molar-refractivity contribution in [3.63, 3.8) is 0 Å². The van der Waals surface area contributed by atoms with Crippen LogP contribution >= 0.6 is 0 Å². The summed E-state index contributed by atoms with van der Waals surface area (Å²) in [7, 11) is 11.6. The third kappa shape index (κ3) is 18.3. The van der Waals surface area contributed by atoms with E-state index in [0.717, 1.165) is 43.4 Å². The Morgan fingerprint density at radius 3 is 1.45 bits per heavy atom. The number of fused-ring (bicyclic) bond motifs is 5. The van der Waals surface area contributed by atoms with Gasteiger partial charge in [0.25, 0.3) is 12.1 Å². The normalized spacial score (nSPS) is 28.7. The lowest BCUT2D eigenvalue weighted by Crippen LogP contribution is -2.65. The highest BCUT2D eigenvalue weighted by Gasteiger charge is 2.61. The second-order valence-corrected chi connectivity index (χ2v) is 30.2. The number of amides is 12. The van der Waals surface area contributed by atoms with Gasteiger partial charge in [0.05, 0.1) is 24.8 Å². The van der Waals surface area contributed by atoms with Gasteiger partial charge in [-0.1, -0.05) is 121 Å². The predicted molar refractivity (Wildman–Crippen MR) is 375 cm³/mol. The number of ether oxygens (including phenoxy) is 1. The average molecular weight is 1420 g/mol. The standard InChI is InChI=1S/C71H117N13O17/c1-27-40(11)51-62(93)79(22)54(39(9)10)65(96)80(23)53(38(7)8)63(94)75(18)34-48(87)77(20)57(70(16,17)99)67(98)82(25)56(42(13)43(14)85)66(97)83(26)68(101-44(15)86)59(90)73-50(36(3)4)61(92)81(24)55(41(12)28-2)64(95)76(19)35-49(88)84-47(60(91)78(21)52(37(5)6)58(89)74-51)33-71(100)45-31-29-30-32-46(45)72-69(71)84/h29-32,36-43,47,50-57,68-69,72,85,99-100H,27-28,33-35H2,1-26H3,(H,73,90)(H,74,89). The number of hydrogen-bond acceptors (Lipinski definition) is 18. The summed E-state index contributed by atoms with van der Waals surface area (Å²) in [6.45, 7) is 25.0. The molecule has 0 aliphatic carbocycles. The molecule has 101 heavy (non-hydrogen) atoms. The van der Waals surface area contributed by atoms with Crippen molar-refractivity contribution in [1.82, 2.24) is 59.6 Å². The smallest absolute Gasteiger partial charge is 0.304 e. The van der Waals surface area contributed by atoms with Gasteiger partial charge in [-0.2, -0.15) is 0 Å². The summed E-state index contributed by atoms with van der Waals surface area (Å²) in [6, 6.07) is -6.31. The molecular formula is C71H117N13O17. The van der Waals surface area contributed by atoms with Crippen molar-refractivity contribution in [2.75, 3.05) is 81.8 Å². The van der Waals surface area contributed by atoms with Gasteiger partial charge in [0, 0.05) is 93.9 Å². The van der Waals surface area contributed by atoms with Crippen LogP contribution in [0.2, 0.25) is 0 Å². The highest BCUT2D eigenvalue weighted by atomic mass is 16.6. The van der Waals surface area contributed by atoms with E-state index < -0.39 is 215 Å². The van der Waals surface area contributed by atoms with Crippen molar-refractivity contribution in [1.29, 1.82) is 0 Å². The summed E-state index contributed by atoms with van der Waals surface area (Å²) < 4.78 is 5.51. The molecular weight excluding hydrogens is 1310 g/mol. The lowest BCUT2D eigenvalue weighted by molar-refractivity contribution is -0.174. The Morgan fingerprint density at radius 2 is 0.960 bits per heavy atom. The number of likely N-dealkylation sites (N-methyl/N-ethyl adjacent to an activating group) is 9. The molecule has 16 unspecified atom stereocenters. The van der Waals surface area contributed by atoms with E-state index in [1.165, 1.54) is 98.8 Å². The van der Waals surface area contributed by atoms with Crippen LogP contribution in [0.1, 0.15) is 143 Å². The molecule has 12 amide bonds. The maximum absolute atomic E-state index is 15.5.